The van der Waals surface area contributed by atoms with Crippen molar-refractivity contribution >= 4 is 11.6 Å². The third-order valence-electron chi connectivity index (χ3n) is 4.38. The first-order valence-electron chi connectivity index (χ1n) is 8.58. The van der Waals surface area contributed by atoms with Crippen LogP contribution < -0.4 is 0 Å². The topological polar surface area (TPSA) is 34.1 Å². The SMILES string of the molecule is CC(C)(C)C1=CC(=CCC2=CC=CCC2=O)C=C(C(C)(C)C)C1=O. The molecule has 2 heteroatoms. The van der Waals surface area contributed by atoms with Gasteiger partial charge in [0.1, 0.15) is 0 Å². The number of allylic oxidation sites excluding steroid dienone is 10. The molecule has 2 aliphatic carbocycles. The minimum atomic E-state index is -0.205. The van der Waals surface area contributed by atoms with E-state index in [-0.39, 0.29) is 22.4 Å². The first kappa shape index (κ1) is 18.4. The molecule has 0 saturated heterocycles. The largest absolute Gasteiger partial charge is 0.294 e. The van der Waals surface area contributed by atoms with E-state index in [0.29, 0.717) is 12.8 Å². The van der Waals surface area contributed by atoms with E-state index in [4.69, 9.17) is 0 Å². The normalized spacial score (nSPS) is 19.1. The Bertz CT molecular complexity index is 672. The predicted octanol–water partition coefficient (Wildman–Crippen LogP) is 5.29. The average molecular weight is 324 g/mol. The van der Waals surface area contributed by atoms with Crippen molar-refractivity contribution in [1.82, 2.24) is 0 Å². The quantitative estimate of drug-likeness (QED) is 0.692. The van der Waals surface area contributed by atoms with Crippen molar-refractivity contribution < 1.29 is 9.59 Å². The molecule has 24 heavy (non-hydrogen) atoms. The van der Waals surface area contributed by atoms with Gasteiger partial charge in [-0.3, -0.25) is 9.59 Å². The van der Waals surface area contributed by atoms with Gasteiger partial charge < -0.3 is 0 Å². The standard InChI is InChI=1S/C22H28O2/c1-21(2,3)17-13-15(14-18(20(17)24)22(4,5)6)11-12-16-9-7-8-10-19(16)23/h7-9,11,13-14H,10,12H2,1-6H3. The maximum Gasteiger partial charge on any atom is 0.186 e. The number of hydrogen-bond donors (Lipinski definition) is 0. The molecule has 0 amide bonds. The lowest BCUT2D eigenvalue weighted by Crippen LogP contribution is -2.27. The molecule has 2 aliphatic rings. The summed E-state index contributed by atoms with van der Waals surface area (Å²) in [6.45, 7) is 12.4. The number of rotatable bonds is 2. The summed E-state index contributed by atoms with van der Waals surface area (Å²) >= 11 is 0. The Balaban J connectivity index is 2.40. The molecule has 0 N–H and O–H groups in total. The molecule has 128 valence electrons. The summed E-state index contributed by atoms with van der Waals surface area (Å²) in [5.74, 6) is 0.323. The van der Waals surface area contributed by atoms with Crippen molar-refractivity contribution in [1.29, 1.82) is 0 Å². The molecule has 0 radical (unpaired) electrons. The highest BCUT2D eigenvalue weighted by atomic mass is 16.1. The van der Waals surface area contributed by atoms with Crippen molar-refractivity contribution in [3.8, 4) is 0 Å². The number of carbonyl (C=O) groups excluding carboxylic acids is 2. The fraction of sp³-hybridized carbons (Fsp3) is 0.455. The van der Waals surface area contributed by atoms with Crippen LogP contribution in [0.25, 0.3) is 0 Å². The summed E-state index contributed by atoms with van der Waals surface area (Å²) in [4.78, 5) is 24.8. The Hall–Kier alpha value is -1.96. The highest BCUT2D eigenvalue weighted by Gasteiger charge is 2.33. The zero-order valence-electron chi connectivity index (χ0n) is 15.7. The molecular weight excluding hydrogens is 296 g/mol. The van der Waals surface area contributed by atoms with Gasteiger partial charge in [0.2, 0.25) is 0 Å². The van der Waals surface area contributed by atoms with Crippen LogP contribution in [0.4, 0.5) is 0 Å². The molecule has 0 heterocycles. The number of Topliss-reactive ketones (excluding diaryl/α,β-unsaturated/α-hetero) is 2. The maximum atomic E-state index is 12.9. The van der Waals surface area contributed by atoms with Gasteiger partial charge in [-0.25, -0.2) is 0 Å². The van der Waals surface area contributed by atoms with E-state index < -0.39 is 0 Å². The molecule has 0 aliphatic heterocycles. The molecule has 2 nitrogen and oxygen atoms in total. The Kier molecular flexibility index (Phi) is 4.98. The summed E-state index contributed by atoms with van der Waals surface area (Å²) in [7, 11) is 0. The van der Waals surface area contributed by atoms with Crippen LogP contribution in [0.1, 0.15) is 54.4 Å². The summed E-state index contributed by atoms with van der Waals surface area (Å²) < 4.78 is 0. The van der Waals surface area contributed by atoms with Gasteiger partial charge in [0, 0.05) is 17.6 Å². The van der Waals surface area contributed by atoms with Gasteiger partial charge in [-0.05, 0) is 40.5 Å². The Labute approximate surface area is 145 Å². The Morgan fingerprint density at radius 1 is 0.958 bits per heavy atom. The summed E-state index contributed by atoms with van der Waals surface area (Å²) in [6, 6.07) is 0. The van der Waals surface area contributed by atoms with E-state index in [1.165, 1.54) is 0 Å². The van der Waals surface area contributed by atoms with Crippen molar-refractivity contribution in [2.24, 2.45) is 10.8 Å². The zero-order chi connectivity index (χ0) is 18.1. The van der Waals surface area contributed by atoms with Crippen molar-refractivity contribution in [2.75, 3.05) is 0 Å². The molecule has 0 saturated carbocycles. The molecule has 0 atom stereocenters. The van der Waals surface area contributed by atoms with Gasteiger partial charge in [-0.1, -0.05) is 65.8 Å². The fourth-order valence-electron chi connectivity index (χ4n) is 2.88. The van der Waals surface area contributed by atoms with Crippen LogP contribution in [-0.2, 0) is 9.59 Å². The highest BCUT2D eigenvalue weighted by molar-refractivity contribution is 6.11. The molecule has 0 unspecified atom stereocenters. The molecule has 0 bridgehead atoms. The van der Waals surface area contributed by atoms with E-state index in [1.54, 1.807) is 0 Å². The molecule has 0 aromatic carbocycles. The average Bonchev–Trinajstić information content (AvgIpc) is 2.45. The number of ketones is 2. The second-order valence-corrected chi connectivity index (χ2v) is 8.60. The minimum Gasteiger partial charge on any atom is -0.294 e. The number of carbonyl (C=O) groups is 2. The van der Waals surface area contributed by atoms with E-state index in [9.17, 15) is 9.59 Å². The second-order valence-electron chi connectivity index (χ2n) is 8.60. The van der Waals surface area contributed by atoms with Crippen LogP contribution in [-0.4, -0.2) is 11.6 Å². The molecule has 0 aromatic heterocycles. The summed E-state index contributed by atoms with van der Waals surface area (Å²) in [5, 5.41) is 0. The van der Waals surface area contributed by atoms with E-state index in [0.717, 1.165) is 22.3 Å². The van der Waals surface area contributed by atoms with Gasteiger partial charge in [-0.15, -0.1) is 0 Å². The summed E-state index contributed by atoms with van der Waals surface area (Å²) in [5.41, 5.74) is 3.12. The van der Waals surface area contributed by atoms with Crippen LogP contribution in [0, 0.1) is 10.8 Å². The van der Waals surface area contributed by atoms with Crippen molar-refractivity contribution in [2.45, 2.75) is 54.4 Å². The van der Waals surface area contributed by atoms with Gasteiger partial charge in [-0.2, -0.15) is 0 Å². The smallest absolute Gasteiger partial charge is 0.186 e. The zero-order valence-corrected chi connectivity index (χ0v) is 15.7. The lowest BCUT2D eigenvalue weighted by atomic mass is 9.72. The fourth-order valence-corrected chi connectivity index (χ4v) is 2.88. The second kappa shape index (κ2) is 6.51. The third kappa shape index (κ3) is 4.11. The number of hydrogen-bond acceptors (Lipinski definition) is 2. The van der Waals surface area contributed by atoms with Crippen LogP contribution in [0.3, 0.4) is 0 Å². The third-order valence-corrected chi connectivity index (χ3v) is 4.38. The van der Waals surface area contributed by atoms with Crippen LogP contribution in [0.2, 0.25) is 0 Å². The first-order valence-corrected chi connectivity index (χ1v) is 8.58. The first-order chi connectivity index (χ1) is 11.0. The molecule has 0 fully saturated rings. The lowest BCUT2D eigenvalue weighted by Gasteiger charge is -2.31. The molecule has 0 spiro atoms. The van der Waals surface area contributed by atoms with E-state index >= 15 is 0 Å². The van der Waals surface area contributed by atoms with E-state index in [2.05, 4.69) is 47.6 Å². The summed E-state index contributed by atoms with van der Waals surface area (Å²) in [6.07, 6.45) is 12.8. The van der Waals surface area contributed by atoms with Crippen LogP contribution in [0.5, 0.6) is 0 Å². The van der Waals surface area contributed by atoms with E-state index in [1.807, 2.05) is 30.4 Å². The molecule has 0 aromatic rings. The predicted molar refractivity (Wildman–Crippen MR) is 99.6 cm³/mol. The van der Waals surface area contributed by atoms with Crippen molar-refractivity contribution in [3.63, 3.8) is 0 Å². The molecule has 2 rings (SSSR count). The minimum absolute atomic E-state index is 0.142. The lowest BCUT2D eigenvalue weighted by molar-refractivity contribution is -0.115. The molecular formula is C22H28O2. The Morgan fingerprint density at radius 2 is 1.50 bits per heavy atom. The van der Waals surface area contributed by atoms with Crippen molar-refractivity contribution in [3.05, 3.63) is 58.7 Å². The monoisotopic (exact) mass is 324 g/mol. The van der Waals surface area contributed by atoms with Gasteiger partial charge in [0.05, 0.1) is 0 Å². The van der Waals surface area contributed by atoms with Crippen LogP contribution in [0.15, 0.2) is 58.7 Å². The maximum absolute atomic E-state index is 12.9. The Morgan fingerprint density at radius 3 is 1.96 bits per heavy atom. The highest BCUT2D eigenvalue weighted by Crippen LogP contribution is 2.39. The van der Waals surface area contributed by atoms with Crippen LogP contribution >= 0.6 is 0 Å². The van der Waals surface area contributed by atoms with Gasteiger partial charge >= 0.3 is 0 Å². The van der Waals surface area contributed by atoms with Gasteiger partial charge in [0.15, 0.2) is 11.6 Å². The van der Waals surface area contributed by atoms with Gasteiger partial charge in [0.25, 0.3) is 0 Å².